The van der Waals surface area contributed by atoms with E-state index in [0.29, 0.717) is 55.6 Å². The summed E-state index contributed by atoms with van der Waals surface area (Å²) in [5, 5.41) is 5.57. The van der Waals surface area contributed by atoms with Crippen LogP contribution >= 0.6 is 0 Å². The number of hydrogen-bond donors (Lipinski definition) is 0. The van der Waals surface area contributed by atoms with Crippen LogP contribution in [0.4, 0.5) is 48.3 Å². The molecule has 0 aromatic heterocycles. The van der Waals surface area contributed by atoms with Gasteiger partial charge in [0, 0.05) is 34.1 Å². The molecule has 0 amide bonds. The summed E-state index contributed by atoms with van der Waals surface area (Å²) in [5.41, 5.74) is 11.8. The van der Waals surface area contributed by atoms with E-state index in [4.69, 9.17) is 4.74 Å². The first kappa shape index (κ1) is 88.5. The highest BCUT2D eigenvalue weighted by Crippen LogP contribution is 2.30. The highest BCUT2D eigenvalue weighted by Gasteiger charge is 2.17. The van der Waals surface area contributed by atoms with E-state index in [9.17, 15) is 48.3 Å². The second-order valence-corrected chi connectivity index (χ2v) is 29.2. The lowest BCUT2D eigenvalue weighted by Crippen LogP contribution is -2.21. The van der Waals surface area contributed by atoms with Crippen molar-refractivity contribution in [2.75, 3.05) is 6.61 Å². The fourth-order valence-electron chi connectivity index (χ4n) is 11.5. The zero-order chi connectivity index (χ0) is 79.7. The lowest BCUT2D eigenvalue weighted by Gasteiger charge is -2.23. The molecular formula is C95H107F11O. The highest BCUT2D eigenvalue weighted by atomic mass is 19.2. The van der Waals surface area contributed by atoms with E-state index in [0.717, 1.165) is 52.5 Å². The lowest BCUT2D eigenvalue weighted by atomic mass is 9.84. The van der Waals surface area contributed by atoms with E-state index in [-0.39, 0.29) is 39.1 Å². The molecule has 570 valence electrons. The van der Waals surface area contributed by atoms with E-state index in [1.54, 1.807) is 64.1 Å². The second-order valence-electron chi connectivity index (χ2n) is 29.2. The molecule has 2 aliphatic rings. The first-order valence-corrected chi connectivity index (χ1v) is 36.6. The smallest absolute Gasteiger partial charge is 0.161 e. The maximum Gasteiger partial charge on any atom is 0.161 e. The topological polar surface area (TPSA) is 9.23 Å². The predicted octanol–water partition coefficient (Wildman–Crippen LogP) is 29.2. The van der Waals surface area contributed by atoms with Crippen LogP contribution in [0.3, 0.4) is 0 Å². The Morgan fingerprint density at radius 2 is 0.551 bits per heavy atom. The van der Waals surface area contributed by atoms with E-state index in [1.807, 2.05) is 63.2 Å². The average Bonchev–Trinajstić information content (AvgIpc) is 0.905. The minimum atomic E-state index is -0.817. The number of fused-ring (bicyclic) bond motifs is 4. The fourth-order valence-corrected chi connectivity index (χ4v) is 11.5. The zero-order valence-corrected chi connectivity index (χ0v) is 66.1. The summed E-state index contributed by atoms with van der Waals surface area (Å²) in [5.74, 6) is -2.86. The van der Waals surface area contributed by atoms with Gasteiger partial charge in [0.25, 0.3) is 0 Å². The molecule has 1 aliphatic carbocycles. The molecule has 1 nitrogen and oxygen atoms in total. The lowest BCUT2D eigenvalue weighted by molar-refractivity contribution is 0.000265. The standard InChI is InChI=1S/C12H9F3.C12H10F2.C12H11F.C12H12.2C8H8F2.C8H9F.C8H16.C8H10.C7H14O/c1-6-3-8-5-9(13)7(2)12(15)11(8)10(14)4-6;1-7-3-4-10-9(5-7)6-11(13)8(2)12(10)14;1-8-3-6-11-10(7-8)5-4-9(2)12(11)13;1-9-3-5-12-8-10(2)4-6-11(12)7-9;1-5-3-7(9)6(2)8(10)4-5;1-5-3-4-6(2)8(10)7(5)9;1-6-3-4-7(2)8(9)5-6;2*1-7-3-5-8(2)6-4-7;1-6-3-4-7(2)8-5-6/h3-5H,1-2H3;3-6H,1-2H3;3-7H,1-2H3;3-8H,1-2H3;2*3-4H,1-2H3;3-5H,1-2H3;7-8H,3-6H2,1-2H3;3-6H,1-2H3;6-7H,3-5H2,1-2H3. The number of aryl methyl sites for hydroxylation is 13. The molecule has 1 saturated carbocycles. The van der Waals surface area contributed by atoms with E-state index in [1.165, 1.54) is 137 Å². The van der Waals surface area contributed by atoms with Crippen LogP contribution in [0.15, 0.2) is 176 Å². The van der Waals surface area contributed by atoms with Gasteiger partial charge in [0.2, 0.25) is 0 Å². The van der Waals surface area contributed by atoms with Crippen molar-refractivity contribution in [3.63, 3.8) is 0 Å². The van der Waals surface area contributed by atoms with Crippen molar-refractivity contribution in [2.45, 2.75) is 183 Å². The Kier molecular flexibility index (Phi) is 35.1. The van der Waals surface area contributed by atoms with Crippen LogP contribution in [-0.2, 0) is 4.74 Å². The predicted molar refractivity (Wildman–Crippen MR) is 427 cm³/mol. The monoisotopic (exact) mass is 1470 g/mol. The summed E-state index contributed by atoms with van der Waals surface area (Å²) in [7, 11) is 0. The van der Waals surface area contributed by atoms with Gasteiger partial charge in [-0.25, -0.2) is 48.3 Å². The molecule has 0 spiro atoms. The van der Waals surface area contributed by atoms with Gasteiger partial charge in [-0.1, -0.05) is 219 Å². The molecule has 12 aromatic carbocycles. The van der Waals surface area contributed by atoms with Gasteiger partial charge >= 0.3 is 0 Å². The van der Waals surface area contributed by atoms with Crippen LogP contribution in [0.1, 0.15) is 155 Å². The van der Waals surface area contributed by atoms with Crippen LogP contribution in [-0.4, -0.2) is 12.7 Å². The highest BCUT2D eigenvalue weighted by molar-refractivity contribution is 5.87. The SMILES string of the molecule is CC1CCC(C)CC1.CC1CCC(C)OC1.Cc1cc(F)c(C)c(F)c1.Cc1cc(F)c2c(F)c(C)c(F)cc2c1.Cc1ccc(C)c(F)c1.Cc1ccc(C)c(F)c1F.Cc1ccc(C)cc1.Cc1ccc2c(F)c(C)c(F)cc2c1.Cc1ccc2c(F)c(C)ccc2c1.Cc1ccc2cc(C)ccc2c1. The largest absolute Gasteiger partial charge is 0.378 e. The van der Waals surface area contributed by atoms with E-state index < -0.39 is 52.4 Å². The van der Waals surface area contributed by atoms with Gasteiger partial charge < -0.3 is 4.74 Å². The normalized spacial score (nSPS) is 14.8. The number of hydrogen-bond acceptors (Lipinski definition) is 1. The maximum absolute atomic E-state index is 13.6. The molecule has 107 heavy (non-hydrogen) atoms. The van der Waals surface area contributed by atoms with Crippen LogP contribution in [0.25, 0.3) is 43.1 Å². The Morgan fingerprint density at radius 3 is 1.00 bits per heavy atom. The second kappa shape index (κ2) is 42.4. The third-order valence-electron chi connectivity index (χ3n) is 18.8. The Bertz CT molecular complexity index is 4710. The quantitative estimate of drug-likeness (QED) is 0.138. The molecule has 12 heteroatoms. The van der Waals surface area contributed by atoms with Crippen molar-refractivity contribution in [3.8, 4) is 0 Å². The first-order chi connectivity index (χ1) is 50.3. The van der Waals surface area contributed by atoms with Crippen molar-refractivity contribution >= 4 is 43.1 Å². The number of halogens is 11. The maximum atomic E-state index is 13.6. The first-order valence-electron chi connectivity index (χ1n) is 36.6. The minimum Gasteiger partial charge on any atom is -0.378 e. The molecule has 12 aromatic rings. The molecule has 2 unspecified atom stereocenters. The van der Waals surface area contributed by atoms with Gasteiger partial charge in [0.15, 0.2) is 11.6 Å². The third kappa shape index (κ3) is 28.2. The molecular weight excluding hydrogens is 1370 g/mol. The number of benzene rings is 12. The molecule has 2 fully saturated rings. The summed E-state index contributed by atoms with van der Waals surface area (Å²) >= 11 is 0. The molecule has 0 radical (unpaired) electrons. The van der Waals surface area contributed by atoms with Gasteiger partial charge in [0.05, 0.1) is 11.5 Å². The Labute approximate surface area is 629 Å². The molecule has 1 saturated heterocycles. The molecule has 2 atom stereocenters. The van der Waals surface area contributed by atoms with Gasteiger partial charge in [-0.05, 0) is 251 Å². The van der Waals surface area contributed by atoms with Crippen molar-refractivity contribution in [2.24, 2.45) is 17.8 Å². The van der Waals surface area contributed by atoms with Gasteiger partial charge in [-0.3, -0.25) is 0 Å². The van der Waals surface area contributed by atoms with Gasteiger partial charge in [-0.2, -0.15) is 0 Å². The summed E-state index contributed by atoms with van der Waals surface area (Å²) < 4.78 is 149. The summed E-state index contributed by atoms with van der Waals surface area (Å²) in [6.45, 7) is 38.4. The summed E-state index contributed by atoms with van der Waals surface area (Å²) in [4.78, 5) is 0. The van der Waals surface area contributed by atoms with Crippen LogP contribution in [0, 0.1) is 193 Å². The van der Waals surface area contributed by atoms with Gasteiger partial charge in [-0.15, -0.1) is 0 Å². The molecule has 0 bridgehead atoms. The van der Waals surface area contributed by atoms with E-state index >= 15 is 0 Å². The van der Waals surface area contributed by atoms with Crippen LogP contribution < -0.4 is 0 Å². The number of rotatable bonds is 0. The molecule has 1 heterocycles. The third-order valence-corrected chi connectivity index (χ3v) is 18.8. The summed E-state index contributed by atoms with van der Waals surface area (Å²) in [6.07, 6.45) is 9.01. The van der Waals surface area contributed by atoms with Crippen LogP contribution in [0.5, 0.6) is 0 Å². The van der Waals surface area contributed by atoms with Crippen molar-refractivity contribution in [3.05, 3.63) is 329 Å². The number of ether oxygens (including phenoxy) is 1. The van der Waals surface area contributed by atoms with Crippen molar-refractivity contribution in [1.29, 1.82) is 0 Å². The van der Waals surface area contributed by atoms with E-state index in [2.05, 4.69) is 116 Å². The summed E-state index contributed by atoms with van der Waals surface area (Å²) in [6, 6.07) is 52.7. The molecule has 14 rings (SSSR count). The molecule has 1 aliphatic heterocycles. The van der Waals surface area contributed by atoms with Crippen molar-refractivity contribution in [1.82, 2.24) is 0 Å². The Balaban J connectivity index is 0.000000215. The van der Waals surface area contributed by atoms with Crippen LogP contribution in [0.2, 0.25) is 0 Å². The fraction of sp³-hybridized carbons (Fsp3) is 0.326. The Hall–Kier alpha value is -9.13. The Morgan fingerprint density at radius 1 is 0.234 bits per heavy atom. The zero-order valence-electron chi connectivity index (χ0n) is 66.1. The molecule has 0 N–H and O–H groups in total. The average molecular weight is 1470 g/mol. The van der Waals surface area contributed by atoms with Crippen molar-refractivity contribution < 1.29 is 53.0 Å². The minimum absolute atomic E-state index is 0.0846. The van der Waals surface area contributed by atoms with Gasteiger partial charge in [0.1, 0.15) is 52.4 Å².